The van der Waals surface area contributed by atoms with E-state index in [-0.39, 0.29) is 47.3 Å². The van der Waals surface area contributed by atoms with Gasteiger partial charge in [-0.1, -0.05) is 11.6 Å². The van der Waals surface area contributed by atoms with Crippen LogP contribution in [0.2, 0.25) is 5.02 Å². The zero-order valence-electron chi connectivity index (χ0n) is 27.2. The molecule has 0 bridgehead atoms. The Kier molecular flexibility index (Phi) is 10.5. The third-order valence-corrected chi connectivity index (χ3v) is 12.0. The third-order valence-electron chi connectivity index (χ3n) is 10.9. The Morgan fingerprint density at radius 1 is 0.979 bits per heavy atom. The average Bonchev–Trinajstić information content (AvgIpc) is 3.52. The fourth-order valence-electron chi connectivity index (χ4n) is 7.97. The molecule has 1 aromatic heterocycles. The zero-order chi connectivity index (χ0) is 34.2. The van der Waals surface area contributed by atoms with E-state index in [2.05, 4.69) is 17.3 Å². The standard InChI is InChI=1S/C34H44ClF3N6O3S/c1-41-8-2-22(3-9-41)23-4-10-43(11-5-23)32(46)24(14-21-15-27(34(36,37)38)31(39)28(35)16-21)17-30(45)42-12-6-26(7-13-42)44-18-25-19-48-20-29(25)40-33(44)47/h15-16,19-20,22-24,26H,2-14,17-18,39H2,1H3,(H,40,47)/t24-/m0/s1. The van der Waals surface area contributed by atoms with E-state index in [1.807, 2.05) is 15.7 Å². The molecule has 6 rings (SSSR count). The number of nitrogen functional groups attached to an aromatic ring is 1. The zero-order valence-corrected chi connectivity index (χ0v) is 28.8. The molecular weight excluding hydrogens is 665 g/mol. The van der Waals surface area contributed by atoms with Crippen LogP contribution in [0.5, 0.6) is 0 Å². The first-order chi connectivity index (χ1) is 22.9. The summed E-state index contributed by atoms with van der Waals surface area (Å²) >= 11 is 7.68. The SMILES string of the molecule is CN1CCC(C2CCN(C(=O)[C@H](CC(=O)N3CCC(N4Cc5cscc5NC4=O)CC3)Cc3cc(Cl)c(N)c(C(F)(F)F)c3)CC2)CC1. The van der Waals surface area contributed by atoms with Crippen LogP contribution in [0.4, 0.5) is 29.3 Å². The predicted octanol–water partition coefficient (Wildman–Crippen LogP) is 6.17. The number of hydrogen-bond donors (Lipinski definition) is 2. The van der Waals surface area contributed by atoms with Crippen LogP contribution < -0.4 is 11.1 Å². The van der Waals surface area contributed by atoms with E-state index in [9.17, 15) is 27.6 Å². The van der Waals surface area contributed by atoms with Crippen molar-refractivity contribution in [1.29, 1.82) is 0 Å². The summed E-state index contributed by atoms with van der Waals surface area (Å²) in [5, 5.41) is 6.66. The van der Waals surface area contributed by atoms with Crippen LogP contribution >= 0.6 is 22.9 Å². The molecule has 0 spiro atoms. The van der Waals surface area contributed by atoms with Crippen LogP contribution in [0.25, 0.3) is 0 Å². The van der Waals surface area contributed by atoms with E-state index >= 15 is 0 Å². The first-order valence-corrected chi connectivity index (χ1v) is 18.2. The highest BCUT2D eigenvalue weighted by Crippen LogP contribution is 2.39. The Hall–Kier alpha value is -3.03. The molecule has 3 N–H and O–H groups in total. The lowest BCUT2D eigenvalue weighted by atomic mass is 9.78. The molecule has 14 heteroatoms. The predicted molar refractivity (Wildman–Crippen MR) is 181 cm³/mol. The molecule has 1 aromatic carbocycles. The molecule has 4 aliphatic rings. The number of nitrogens with zero attached hydrogens (tertiary/aromatic N) is 4. The molecule has 2 aromatic rings. The summed E-state index contributed by atoms with van der Waals surface area (Å²) in [6.07, 6.45) is 0.387. The summed E-state index contributed by atoms with van der Waals surface area (Å²) in [6, 6.07) is 2.16. The molecule has 0 aliphatic carbocycles. The van der Waals surface area contributed by atoms with Gasteiger partial charge in [-0.2, -0.15) is 13.2 Å². The van der Waals surface area contributed by atoms with Gasteiger partial charge in [-0.25, -0.2) is 4.79 Å². The number of carbonyl (C=O) groups is 3. The molecule has 262 valence electrons. The normalized spacial score (nSPS) is 21.3. The van der Waals surface area contributed by atoms with Crippen molar-refractivity contribution in [3.8, 4) is 0 Å². The molecule has 4 aliphatic heterocycles. The summed E-state index contributed by atoms with van der Waals surface area (Å²) in [6.45, 7) is 4.69. The number of hydrogen-bond acceptors (Lipinski definition) is 6. The lowest BCUT2D eigenvalue weighted by molar-refractivity contribution is -0.143. The highest BCUT2D eigenvalue weighted by molar-refractivity contribution is 7.08. The van der Waals surface area contributed by atoms with Crippen molar-refractivity contribution in [3.63, 3.8) is 0 Å². The number of benzene rings is 1. The number of piperidine rings is 3. The van der Waals surface area contributed by atoms with Crippen LogP contribution in [0.3, 0.4) is 0 Å². The topological polar surface area (TPSA) is 102 Å². The first kappa shape index (κ1) is 34.8. The van der Waals surface area contributed by atoms with E-state index in [4.69, 9.17) is 17.3 Å². The van der Waals surface area contributed by atoms with Gasteiger partial charge in [0.05, 0.1) is 34.4 Å². The smallest absolute Gasteiger partial charge is 0.397 e. The number of thiophene rings is 1. The third kappa shape index (κ3) is 7.73. The number of nitrogens with one attached hydrogen (secondary N) is 1. The van der Waals surface area contributed by atoms with Crippen LogP contribution in [-0.2, 0) is 28.7 Å². The second-order valence-electron chi connectivity index (χ2n) is 13.9. The van der Waals surface area contributed by atoms with Gasteiger partial charge in [0.2, 0.25) is 11.8 Å². The number of carbonyl (C=O) groups excluding carboxylic acids is 3. The van der Waals surface area contributed by atoms with Gasteiger partial charge in [0.25, 0.3) is 0 Å². The molecule has 3 fully saturated rings. The molecule has 0 radical (unpaired) electrons. The number of amides is 4. The van der Waals surface area contributed by atoms with Crippen LogP contribution in [0, 0.1) is 17.8 Å². The maximum absolute atomic E-state index is 14.1. The Labute approximate surface area is 288 Å². The van der Waals surface area contributed by atoms with Gasteiger partial charge in [-0.15, -0.1) is 11.3 Å². The molecule has 1 atom stereocenters. The van der Waals surface area contributed by atoms with Crippen molar-refractivity contribution in [1.82, 2.24) is 19.6 Å². The van der Waals surface area contributed by atoms with Crippen LogP contribution in [-0.4, -0.2) is 89.8 Å². The van der Waals surface area contributed by atoms with Crippen molar-refractivity contribution >= 4 is 52.2 Å². The minimum Gasteiger partial charge on any atom is -0.397 e. The summed E-state index contributed by atoms with van der Waals surface area (Å²) in [5.74, 6) is -0.0878. The van der Waals surface area contributed by atoms with Crippen molar-refractivity contribution in [2.45, 2.75) is 70.1 Å². The number of likely N-dealkylation sites (tertiary alicyclic amines) is 3. The van der Waals surface area contributed by atoms with Crippen molar-refractivity contribution < 1.29 is 27.6 Å². The van der Waals surface area contributed by atoms with Gasteiger partial charge < -0.3 is 30.7 Å². The molecular formula is C34H44ClF3N6O3S. The molecule has 0 saturated carbocycles. The molecule has 5 heterocycles. The molecule has 48 heavy (non-hydrogen) atoms. The lowest BCUT2D eigenvalue weighted by Gasteiger charge is -2.41. The Morgan fingerprint density at radius 2 is 1.60 bits per heavy atom. The largest absolute Gasteiger partial charge is 0.418 e. The second kappa shape index (κ2) is 14.4. The lowest BCUT2D eigenvalue weighted by Crippen LogP contribution is -2.51. The maximum atomic E-state index is 14.1. The number of urea groups is 1. The van der Waals surface area contributed by atoms with Gasteiger partial charge in [0.1, 0.15) is 0 Å². The van der Waals surface area contributed by atoms with Gasteiger partial charge in [0.15, 0.2) is 0 Å². The number of fused-ring (bicyclic) bond motifs is 1. The Bertz CT molecular complexity index is 1500. The van der Waals surface area contributed by atoms with Crippen LogP contribution in [0.1, 0.15) is 61.6 Å². The van der Waals surface area contributed by atoms with Gasteiger partial charge in [-0.3, -0.25) is 9.59 Å². The number of alkyl halides is 3. The van der Waals surface area contributed by atoms with E-state index in [0.29, 0.717) is 57.4 Å². The van der Waals surface area contributed by atoms with E-state index in [0.717, 1.165) is 56.1 Å². The number of halogens is 4. The minimum atomic E-state index is -4.71. The molecule has 3 saturated heterocycles. The van der Waals surface area contributed by atoms with Gasteiger partial charge in [-0.05, 0) is 100.0 Å². The van der Waals surface area contributed by atoms with Crippen molar-refractivity contribution in [2.24, 2.45) is 17.8 Å². The maximum Gasteiger partial charge on any atom is 0.418 e. The fraction of sp³-hybridized carbons (Fsp3) is 0.618. The van der Waals surface area contributed by atoms with E-state index < -0.39 is 23.3 Å². The highest BCUT2D eigenvalue weighted by Gasteiger charge is 2.38. The number of nitrogens with two attached hydrogens (primary N) is 1. The second-order valence-corrected chi connectivity index (χ2v) is 15.1. The Morgan fingerprint density at radius 3 is 2.25 bits per heavy atom. The van der Waals surface area contributed by atoms with Crippen molar-refractivity contribution in [3.05, 3.63) is 44.6 Å². The summed E-state index contributed by atoms with van der Waals surface area (Å²) in [4.78, 5) is 48.3. The summed E-state index contributed by atoms with van der Waals surface area (Å²) < 4.78 is 41.4. The fourth-order valence-corrected chi connectivity index (χ4v) is 8.99. The molecule has 4 amide bonds. The summed E-state index contributed by atoms with van der Waals surface area (Å²) in [7, 11) is 2.14. The van der Waals surface area contributed by atoms with E-state index in [1.54, 1.807) is 21.1 Å². The highest BCUT2D eigenvalue weighted by atomic mass is 35.5. The van der Waals surface area contributed by atoms with E-state index in [1.165, 1.54) is 6.07 Å². The van der Waals surface area contributed by atoms with Crippen LogP contribution in [0.15, 0.2) is 22.9 Å². The number of anilines is 2. The first-order valence-electron chi connectivity index (χ1n) is 16.9. The monoisotopic (exact) mass is 708 g/mol. The van der Waals surface area contributed by atoms with Gasteiger partial charge >= 0.3 is 12.2 Å². The molecule has 9 nitrogen and oxygen atoms in total. The molecule has 0 unspecified atom stereocenters. The quantitative estimate of drug-likeness (QED) is 0.335. The van der Waals surface area contributed by atoms with Gasteiger partial charge in [0, 0.05) is 49.6 Å². The van der Waals surface area contributed by atoms with Crippen molar-refractivity contribution in [2.75, 3.05) is 57.4 Å². The summed E-state index contributed by atoms with van der Waals surface area (Å²) in [5.41, 5.74) is 6.23. The average molecular weight is 709 g/mol. The number of rotatable bonds is 7. The minimum absolute atomic E-state index is 0.0249. The Balaban J connectivity index is 1.13.